The van der Waals surface area contributed by atoms with Crippen molar-refractivity contribution in [2.75, 3.05) is 25.0 Å². The van der Waals surface area contributed by atoms with Crippen LogP contribution in [0, 0.1) is 5.92 Å². The van der Waals surface area contributed by atoms with Crippen molar-refractivity contribution in [3.05, 3.63) is 23.7 Å². The summed E-state index contributed by atoms with van der Waals surface area (Å²) in [4.78, 5) is 22.1. The van der Waals surface area contributed by atoms with Gasteiger partial charge in [0.1, 0.15) is 5.82 Å². The summed E-state index contributed by atoms with van der Waals surface area (Å²) in [6, 6.07) is 0.415. The number of likely N-dealkylation sites (tertiary alicyclic amines) is 1. The Balaban J connectivity index is 1.43. The molecule has 1 saturated heterocycles. The second-order valence-corrected chi connectivity index (χ2v) is 7.68. The second kappa shape index (κ2) is 9.12. The third kappa shape index (κ3) is 5.53. The van der Waals surface area contributed by atoms with Crippen LogP contribution in [0.25, 0.3) is 6.08 Å². The summed E-state index contributed by atoms with van der Waals surface area (Å²) in [7, 11) is 0. The van der Waals surface area contributed by atoms with Crippen molar-refractivity contribution in [2.45, 2.75) is 57.9 Å². The maximum atomic E-state index is 10.9. The molecule has 6 heteroatoms. The van der Waals surface area contributed by atoms with Crippen molar-refractivity contribution in [1.29, 1.82) is 0 Å². The quantitative estimate of drug-likeness (QED) is 0.727. The number of nitrogens with zero attached hydrogens (tertiary/aromatic N) is 3. The van der Waals surface area contributed by atoms with Crippen LogP contribution in [0.1, 0.15) is 57.6 Å². The molecule has 0 spiro atoms. The van der Waals surface area contributed by atoms with Gasteiger partial charge in [-0.05, 0) is 38.3 Å². The highest BCUT2D eigenvalue weighted by molar-refractivity contribution is 5.91. The molecular formula is C20H30N4O2. The molecule has 0 unspecified atom stereocenters. The van der Waals surface area contributed by atoms with E-state index in [0.29, 0.717) is 11.7 Å². The summed E-state index contributed by atoms with van der Waals surface area (Å²) < 4.78 is 0. The van der Waals surface area contributed by atoms with Gasteiger partial charge in [-0.15, -0.1) is 0 Å². The zero-order chi connectivity index (χ0) is 18.4. The highest BCUT2D eigenvalue weighted by Gasteiger charge is 2.23. The zero-order valence-corrected chi connectivity index (χ0v) is 15.7. The highest BCUT2D eigenvalue weighted by Crippen LogP contribution is 2.27. The van der Waals surface area contributed by atoms with Gasteiger partial charge in [0.05, 0.1) is 18.1 Å². The number of aromatic nitrogens is 2. The zero-order valence-electron chi connectivity index (χ0n) is 15.7. The summed E-state index contributed by atoms with van der Waals surface area (Å²) in [5, 5.41) is 12.4. The minimum absolute atomic E-state index is 0.254. The van der Waals surface area contributed by atoms with Gasteiger partial charge in [-0.25, -0.2) is 9.78 Å². The van der Waals surface area contributed by atoms with Crippen LogP contribution in [0.4, 0.5) is 5.82 Å². The van der Waals surface area contributed by atoms with Crippen LogP contribution in [-0.4, -0.2) is 51.6 Å². The van der Waals surface area contributed by atoms with E-state index in [4.69, 9.17) is 5.11 Å². The number of aliphatic carboxylic acids is 1. The summed E-state index contributed by atoms with van der Waals surface area (Å²) >= 11 is 0. The summed E-state index contributed by atoms with van der Waals surface area (Å²) in [5.41, 5.74) is 0.820. The molecule has 2 fully saturated rings. The SMILES string of the molecule is CC(=Cc1cnc(N[C@@H]2CCN(CCC3CCCCC3)C2)cn1)C(=O)O. The van der Waals surface area contributed by atoms with Gasteiger partial charge >= 0.3 is 5.97 Å². The molecule has 2 heterocycles. The van der Waals surface area contributed by atoms with Gasteiger partial charge in [0.25, 0.3) is 0 Å². The Morgan fingerprint density at radius 2 is 2.08 bits per heavy atom. The Kier molecular flexibility index (Phi) is 6.61. The lowest BCUT2D eigenvalue weighted by Crippen LogP contribution is -2.28. The predicted octanol–water partition coefficient (Wildman–Crippen LogP) is 3.42. The number of nitrogens with one attached hydrogen (secondary N) is 1. The molecule has 1 aliphatic heterocycles. The molecule has 0 aromatic carbocycles. The summed E-state index contributed by atoms with van der Waals surface area (Å²) in [6.45, 7) is 4.98. The van der Waals surface area contributed by atoms with Crippen LogP contribution in [0.5, 0.6) is 0 Å². The van der Waals surface area contributed by atoms with E-state index >= 15 is 0 Å². The van der Waals surface area contributed by atoms with Crippen LogP contribution >= 0.6 is 0 Å². The van der Waals surface area contributed by atoms with Crippen molar-refractivity contribution in [3.8, 4) is 0 Å². The van der Waals surface area contributed by atoms with Gasteiger partial charge in [0.15, 0.2) is 0 Å². The summed E-state index contributed by atoms with van der Waals surface area (Å²) in [5.74, 6) is 0.763. The van der Waals surface area contributed by atoms with E-state index < -0.39 is 5.97 Å². The van der Waals surface area contributed by atoms with Crippen molar-refractivity contribution < 1.29 is 9.90 Å². The van der Waals surface area contributed by atoms with E-state index in [1.807, 2.05) is 0 Å². The van der Waals surface area contributed by atoms with Gasteiger partial charge in [-0.2, -0.15) is 0 Å². The number of carboxylic acids is 1. The fourth-order valence-corrected chi connectivity index (χ4v) is 3.97. The first-order chi connectivity index (χ1) is 12.6. The molecule has 0 radical (unpaired) electrons. The number of hydrogen-bond donors (Lipinski definition) is 2. The number of rotatable bonds is 7. The molecular weight excluding hydrogens is 328 g/mol. The van der Waals surface area contributed by atoms with E-state index in [1.54, 1.807) is 19.3 Å². The lowest BCUT2D eigenvalue weighted by molar-refractivity contribution is -0.132. The monoisotopic (exact) mass is 358 g/mol. The molecule has 2 aliphatic rings. The molecule has 0 bridgehead atoms. The number of anilines is 1. The molecule has 1 atom stereocenters. The first-order valence-corrected chi connectivity index (χ1v) is 9.82. The fourth-order valence-electron chi connectivity index (χ4n) is 3.97. The van der Waals surface area contributed by atoms with E-state index in [-0.39, 0.29) is 5.57 Å². The minimum atomic E-state index is -0.937. The van der Waals surface area contributed by atoms with Crippen LogP contribution in [-0.2, 0) is 4.79 Å². The smallest absolute Gasteiger partial charge is 0.331 e. The van der Waals surface area contributed by atoms with Gasteiger partial charge < -0.3 is 15.3 Å². The maximum Gasteiger partial charge on any atom is 0.331 e. The summed E-state index contributed by atoms with van der Waals surface area (Å²) in [6.07, 6.45) is 14.4. The Morgan fingerprint density at radius 1 is 1.27 bits per heavy atom. The van der Waals surface area contributed by atoms with Gasteiger partial charge in [0, 0.05) is 24.7 Å². The Bertz CT molecular complexity index is 623. The second-order valence-electron chi connectivity index (χ2n) is 7.68. The fraction of sp³-hybridized carbons (Fsp3) is 0.650. The molecule has 142 valence electrons. The van der Waals surface area contributed by atoms with E-state index in [0.717, 1.165) is 31.2 Å². The van der Waals surface area contributed by atoms with Gasteiger partial charge in [0.2, 0.25) is 0 Å². The Morgan fingerprint density at radius 3 is 2.77 bits per heavy atom. The van der Waals surface area contributed by atoms with Crippen molar-refractivity contribution in [1.82, 2.24) is 14.9 Å². The molecule has 3 rings (SSSR count). The van der Waals surface area contributed by atoms with Crippen molar-refractivity contribution in [3.63, 3.8) is 0 Å². The van der Waals surface area contributed by atoms with Crippen molar-refractivity contribution in [2.24, 2.45) is 5.92 Å². The molecule has 1 saturated carbocycles. The molecule has 2 N–H and O–H groups in total. The first-order valence-electron chi connectivity index (χ1n) is 9.82. The predicted molar refractivity (Wildman–Crippen MR) is 103 cm³/mol. The molecule has 26 heavy (non-hydrogen) atoms. The third-order valence-corrected chi connectivity index (χ3v) is 5.58. The third-order valence-electron chi connectivity index (χ3n) is 5.58. The standard InChI is InChI=1S/C20H30N4O2/c1-15(20(25)26)11-18-12-22-19(13-21-18)23-17-8-10-24(14-17)9-7-16-5-3-2-4-6-16/h11-13,16-17H,2-10,14H2,1H3,(H,22,23)(H,25,26)/t17-/m1/s1. The normalized spacial score (nSPS) is 22.5. The Labute approximate surface area is 155 Å². The average Bonchev–Trinajstić information content (AvgIpc) is 3.10. The number of carbonyl (C=O) groups is 1. The van der Waals surface area contributed by atoms with Crippen LogP contribution in [0.3, 0.4) is 0 Å². The molecule has 6 nitrogen and oxygen atoms in total. The van der Waals surface area contributed by atoms with Gasteiger partial charge in [-0.3, -0.25) is 4.98 Å². The van der Waals surface area contributed by atoms with Crippen LogP contribution in [0.2, 0.25) is 0 Å². The Hall–Kier alpha value is -1.95. The molecule has 1 aliphatic carbocycles. The molecule has 0 amide bonds. The first kappa shape index (κ1) is 18.8. The van der Waals surface area contributed by atoms with Gasteiger partial charge in [-0.1, -0.05) is 32.1 Å². The lowest BCUT2D eigenvalue weighted by Gasteiger charge is -2.24. The van der Waals surface area contributed by atoms with Crippen LogP contribution in [0.15, 0.2) is 18.0 Å². The van der Waals surface area contributed by atoms with Crippen LogP contribution < -0.4 is 5.32 Å². The lowest BCUT2D eigenvalue weighted by atomic mass is 9.87. The van der Waals surface area contributed by atoms with E-state index in [2.05, 4.69) is 20.2 Å². The largest absolute Gasteiger partial charge is 0.478 e. The topological polar surface area (TPSA) is 78.4 Å². The molecule has 1 aromatic heterocycles. The van der Waals surface area contributed by atoms with E-state index in [1.165, 1.54) is 51.1 Å². The number of carboxylic acid groups (broad SMARTS) is 1. The minimum Gasteiger partial charge on any atom is -0.478 e. The highest BCUT2D eigenvalue weighted by atomic mass is 16.4. The maximum absolute atomic E-state index is 10.9. The van der Waals surface area contributed by atoms with Crippen molar-refractivity contribution >= 4 is 17.9 Å². The van der Waals surface area contributed by atoms with E-state index in [9.17, 15) is 4.79 Å². The number of hydrogen-bond acceptors (Lipinski definition) is 5. The average molecular weight is 358 g/mol. The molecule has 1 aromatic rings.